The van der Waals surface area contributed by atoms with Crippen LogP contribution in [0.25, 0.3) is 16.6 Å². The second kappa shape index (κ2) is 6.08. The Kier molecular flexibility index (Phi) is 3.63. The Hall–Kier alpha value is -3.28. The molecule has 0 aliphatic carbocycles. The average Bonchev–Trinajstić information content (AvgIpc) is 3.09. The van der Waals surface area contributed by atoms with Crippen LogP contribution in [0.15, 0.2) is 60.8 Å². The molecule has 0 bridgehead atoms. The second-order valence-electron chi connectivity index (χ2n) is 5.60. The van der Waals surface area contributed by atoms with Crippen molar-refractivity contribution in [2.24, 2.45) is 0 Å². The van der Waals surface area contributed by atoms with Gasteiger partial charge in [0.15, 0.2) is 0 Å². The lowest BCUT2D eigenvalue weighted by Gasteiger charge is -2.09. The molecular formula is C18H16N6. The predicted octanol–water partition coefficient (Wildman–Crippen LogP) is 3.13. The molecule has 2 aromatic heterocycles. The minimum atomic E-state index is 0.598. The number of tetrazole rings is 1. The Morgan fingerprint density at radius 3 is 2.71 bits per heavy atom. The maximum absolute atomic E-state index is 4.47. The lowest BCUT2D eigenvalue weighted by atomic mass is 10.1. The lowest BCUT2D eigenvalue weighted by Crippen LogP contribution is -2.08. The van der Waals surface area contributed by atoms with Gasteiger partial charge in [-0.1, -0.05) is 47.1 Å². The number of aryl methyl sites for hydroxylation is 1. The number of pyridine rings is 1. The number of hydrogen-bond acceptors (Lipinski definition) is 5. The molecule has 0 aliphatic rings. The molecule has 24 heavy (non-hydrogen) atoms. The molecule has 0 atom stereocenters. The van der Waals surface area contributed by atoms with Gasteiger partial charge in [-0.3, -0.25) is 4.98 Å². The smallest absolute Gasteiger partial charge is 0.248 e. The SMILES string of the molecule is Cc1ccc(-n2nnnc2NCc2cccc3cccnc23)cc1. The Morgan fingerprint density at radius 2 is 1.83 bits per heavy atom. The van der Waals surface area contributed by atoms with E-state index in [1.54, 1.807) is 4.68 Å². The first-order chi connectivity index (χ1) is 11.8. The number of para-hydroxylation sites is 1. The summed E-state index contributed by atoms with van der Waals surface area (Å²) in [6.45, 7) is 2.65. The van der Waals surface area contributed by atoms with Crippen molar-refractivity contribution in [3.63, 3.8) is 0 Å². The van der Waals surface area contributed by atoms with Crippen LogP contribution in [-0.2, 0) is 6.54 Å². The summed E-state index contributed by atoms with van der Waals surface area (Å²) in [5.41, 5.74) is 4.21. The third kappa shape index (κ3) is 2.69. The molecule has 4 rings (SSSR count). The highest BCUT2D eigenvalue weighted by Gasteiger charge is 2.09. The molecule has 1 N–H and O–H groups in total. The minimum absolute atomic E-state index is 0.598. The standard InChI is InChI=1S/C18H16N6/c1-13-7-9-16(10-8-13)24-18(21-22-23-24)20-12-15-5-2-4-14-6-3-11-19-17(14)15/h2-11H,12H2,1H3,(H,20,21,23). The van der Waals surface area contributed by atoms with E-state index in [2.05, 4.69) is 50.9 Å². The van der Waals surface area contributed by atoms with Gasteiger partial charge in [-0.25, -0.2) is 0 Å². The van der Waals surface area contributed by atoms with Crippen LogP contribution >= 0.6 is 0 Å². The number of aromatic nitrogens is 5. The summed E-state index contributed by atoms with van der Waals surface area (Å²) in [5, 5.41) is 16.4. The van der Waals surface area contributed by atoms with Gasteiger partial charge in [0.05, 0.1) is 11.2 Å². The summed E-state index contributed by atoms with van der Waals surface area (Å²) in [6.07, 6.45) is 1.81. The Labute approximate surface area is 139 Å². The number of anilines is 1. The second-order valence-corrected chi connectivity index (χ2v) is 5.60. The van der Waals surface area contributed by atoms with Crippen molar-refractivity contribution in [2.75, 3.05) is 5.32 Å². The summed E-state index contributed by atoms with van der Waals surface area (Å²) in [6, 6.07) is 18.2. The van der Waals surface area contributed by atoms with E-state index in [-0.39, 0.29) is 0 Å². The molecule has 0 fully saturated rings. The molecule has 4 aromatic rings. The summed E-state index contributed by atoms with van der Waals surface area (Å²) in [5.74, 6) is 0.604. The molecule has 0 aliphatic heterocycles. The van der Waals surface area contributed by atoms with Crippen molar-refractivity contribution in [3.05, 3.63) is 71.9 Å². The van der Waals surface area contributed by atoms with Crippen molar-refractivity contribution >= 4 is 16.9 Å². The molecule has 0 saturated heterocycles. The van der Waals surface area contributed by atoms with Crippen molar-refractivity contribution in [1.82, 2.24) is 25.2 Å². The van der Waals surface area contributed by atoms with E-state index in [1.165, 1.54) is 5.56 Å². The van der Waals surface area contributed by atoms with E-state index < -0.39 is 0 Å². The highest BCUT2D eigenvalue weighted by molar-refractivity contribution is 5.81. The highest BCUT2D eigenvalue weighted by atomic mass is 15.6. The van der Waals surface area contributed by atoms with E-state index in [1.807, 2.05) is 42.6 Å². The maximum Gasteiger partial charge on any atom is 0.248 e. The third-order valence-electron chi connectivity index (χ3n) is 3.90. The fraction of sp³-hybridized carbons (Fsp3) is 0.111. The third-order valence-corrected chi connectivity index (χ3v) is 3.90. The first-order valence-corrected chi connectivity index (χ1v) is 7.73. The van der Waals surface area contributed by atoms with Crippen LogP contribution < -0.4 is 5.32 Å². The summed E-state index contributed by atoms with van der Waals surface area (Å²) < 4.78 is 1.69. The van der Waals surface area contributed by atoms with Gasteiger partial charge in [-0.2, -0.15) is 4.68 Å². The molecule has 0 unspecified atom stereocenters. The fourth-order valence-electron chi connectivity index (χ4n) is 2.64. The van der Waals surface area contributed by atoms with Crippen LogP contribution in [0.4, 0.5) is 5.95 Å². The molecule has 6 nitrogen and oxygen atoms in total. The number of nitrogens with zero attached hydrogens (tertiary/aromatic N) is 5. The number of rotatable bonds is 4. The van der Waals surface area contributed by atoms with Crippen molar-refractivity contribution in [2.45, 2.75) is 13.5 Å². The van der Waals surface area contributed by atoms with Gasteiger partial charge in [-0.15, -0.1) is 0 Å². The van der Waals surface area contributed by atoms with Crippen LogP contribution in [0.2, 0.25) is 0 Å². The Morgan fingerprint density at radius 1 is 1.00 bits per heavy atom. The molecule has 6 heteroatoms. The number of hydrogen-bond donors (Lipinski definition) is 1. The molecule has 0 radical (unpaired) electrons. The summed E-state index contributed by atoms with van der Waals surface area (Å²) in [7, 11) is 0. The van der Waals surface area contributed by atoms with Gasteiger partial charge in [0.2, 0.25) is 5.95 Å². The fourth-order valence-corrected chi connectivity index (χ4v) is 2.64. The van der Waals surface area contributed by atoms with Gasteiger partial charge in [0.1, 0.15) is 0 Å². The van der Waals surface area contributed by atoms with Crippen molar-refractivity contribution in [3.8, 4) is 5.69 Å². The highest BCUT2D eigenvalue weighted by Crippen LogP contribution is 2.18. The molecule has 0 saturated carbocycles. The largest absolute Gasteiger partial charge is 0.349 e. The zero-order valence-electron chi connectivity index (χ0n) is 13.2. The van der Waals surface area contributed by atoms with Crippen molar-refractivity contribution in [1.29, 1.82) is 0 Å². The van der Waals surface area contributed by atoms with Crippen molar-refractivity contribution < 1.29 is 0 Å². The zero-order chi connectivity index (χ0) is 16.4. The molecule has 0 spiro atoms. The monoisotopic (exact) mass is 316 g/mol. The number of fused-ring (bicyclic) bond motifs is 1. The van der Waals surface area contributed by atoms with E-state index in [4.69, 9.17) is 0 Å². The predicted molar refractivity (Wildman–Crippen MR) is 93.0 cm³/mol. The normalized spacial score (nSPS) is 10.9. The van der Waals surface area contributed by atoms with Crippen LogP contribution in [0.3, 0.4) is 0 Å². The van der Waals surface area contributed by atoms with Gasteiger partial charge in [-0.05, 0) is 41.1 Å². The quantitative estimate of drug-likeness (QED) is 0.626. The average molecular weight is 316 g/mol. The lowest BCUT2D eigenvalue weighted by molar-refractivity contribution is 0.789. The molecule has 2 heterocycles. The van der Waals surface area contributed by atoms with Gasteiger partial charge in [0.25, 0.3) is 0 Å². The van der Waals surface area contributed by atoms with Crippen LogP contribution in [0.1, 0.15) is 11.1 Å². The van der Waals surface area contributed by atoms with E-state index in [0.29, 0.717) is 12.5 Å². The van der Waals surface area contributed by atoms with Crippen LogP contribution in [0.5, 0.6) is 0 Å². The van der Waals surface area contributed by atoms with Crippen LogP contribution in [-0.4, -0.2) is 25.2 Å². The Bertz CT molecular complexity index is 969. The first-order valence-electron chi connectivity index (χ1n) is 7.73. The maximum atomic E-state index is 4.47. The van der Waals surface area contributed by atoms with Gasteiger partial charge < -0.3 is 5.32 Å². The number of nitrogens with one attached hydrogen (secondary N) is 1. The topological polar surface area (TPSA) is 68.5 Å². The molecule has 0 amide bonds. The van der Waals surface area contributed by atoms with Gasteiger partial charge >= 0.3 is 0 Å². The summed E-state index contributed by atoms with van der Waals surface area (Å²) in [4.78, 5) is 4.47. The van der Waals surface area contributed by atoms with Crippen LogP contribution in [0, 0.1) is 6.92 Å². The van der Waals surface area contributed by atoms with E-state index in [9.17, 15) is 0 Å². The molecule has 118 valence electrons. The Balaban J connectivity index is 1.61. The minimum Gasteiger partial charge on any atom is -0.349 e. The van der Waals surface area contributed by atoms with Gasteiger partial charge in [0, 0.05) is 18.1 Å². The first kappa shape index (κ1) is 14.3. The van der Waals surface area contributed by atoms with E-state index in [0.717, 1.165) is 22.2 Å². The zero-order valence-corrected chi connectivity index (χ0v) is 13.2. The molecular weight excluding hydrogens is 300 g/mol. The van der Waals surface area contributed by atoms with E-state index >= 15 is 0 Å². The number of benzene rings is 2. The summed E-state index contributed by atoms with van der Waals surface area (Å²) >= 11 is 0. The molecule has 2 aromatic carbocycles.